The minimum absolute atomic E-state index is 0.110. The molecule has 0 saturated heterocycles. The lowest BCUT2D eigenvalue weighted by Crippen LogP contribution is -2.43. The molecule has 1 heterocycles. The van der Waals surface area contributed by atoms with Gasteiger partial charge in [0.1, 0.15) is 5.84 Å². The Kier molecular flexibility index (Phi) is 7.73. The molecule has 1 aliphatic carbocycles. The van der Waals surface area contributed by atoms with Crippen LogP contribution in [-0.4, -0.2) is 53.6 Å². The fourth-order valence-electron chi connectivity index (χ4n) is 3.74. The summed E-state index contributed by atoms with van der Waals surface area (Å²) >= 11 is 0. The number of aliphatic imine (C=N–C) groups is 1. The Morgan fingerprint density at radius 3 is 2.58 bits per heavy atom. The molecular formula is C19H33N3O2. The highest BCUT2D eigenvalue weighted by Crippen LogP contribution is 2.26. The second-order valence-electron chi connectivity index (χ2n) is 6.95. The lowest BCUT2D eigenvalue weighted by molar-refractivity contribution is -0.136. The maximum Gasteiger partial charge on any atom is 0.229 e. The Bertz CT molecular complexity index is 456. The monoisotopic (exact) mass is 335 g/mol. The molecule has 0 unspecified atom stereocenters. The Hall–Kier alpha value is -1.39. The smallest absolute Gasteiger partial charge is 0.229 e. The number of carbonyl (C=O) groups excluding carboxylic acids is 2. The van der Waals surface area contributed by atoms with E-state index in [4.69, 9.17) is 4.99 Å². The van der Waals surface area contributed by atoms with E-state index in [9.17, 15) is 9.59 Å². The van der Waals surface area contributed by atoms with Crippen molar-refractivity contribution in [1.29, 1.82) is 0 Å². The van der Waals surface area contributed by atoms with Crippen molar-refractivity contribution in [2.24, 2.45) is 10.9 Å². The molecule has 2 rings (SSSR count). The molecule has 0 aromatic carbocycles. The average Bonchev–Trinajstić information content (AvgIpc) is 3.12. The van der Waals surface area contributed by atoms with Crippen molar-refractivity contribution in [1.82, 2.24) is 9.80 Å². The van der Waals surface area contributed by atoms with Gasteiger partial charge in [-0.1, -0.05) is 26.2 Å². The zero-order valence-electron chi connectivity index (χ0n) is 15.4. The van der Waals surface area contributed by atoms with Crippen molar-refractivity contribution in [2.75, 3.05) is 26.2 Å². The number of amides is 2. The molecule has 1 aliphatic heterocycles. The van der Waals surface area contributed by atoms with Crippen LogP contribution in [0.1, 0.15) is 71.6 Å². The van der Waals surface area contributed by atoms with Gasteiger partial charge in [0, 0.05) is 44.9 Å². The summed E-state index contributed by atoms with van der Waals surface area (Å²) in [6.07, 6.45) is 8.71. The molecule has 0 bridgehead atoms. The van der Waals surface area contributed by atoms with Crippen LogP contribution in [0.5, 0.6) is 0 Å². The molecule has 5 nitrogen and oxygen atoms in total. The van der Waals surface area contributed by atoms with E-state index in [-0.39, 0.29) is 17.7 Å². The van der Waals surface area contributed by atoms with Crippen molar-refractivity contribution >= 4 is 17.6 Å². The number of unbranched alkanes of at least 4 members (excludes halogenated alkanes) is 1. The summed E-state index contributed by atoms with van der Waals surface area (Å²) in [5.41, 5.74) is 0. The molecule has 1 fully saturated rings. The zero-order chi connectivity index (χ0) is 17.4. The fourth-order valence-corrected chi connectivity index (χ4v) is 3.74. The van der Waals surface area contributed by atoms with Gasteiger partial charge in [-0.2, -0.15) is 0 Å². The van der Waals surface area contributed by atoms with Gasteiger partial charge in [0.05, 0.1) is 0 Å². The van der Waals surface area contributed by atoms with Gasteiger partial charge in [-0.05, 0) is 32.6 Å². The molecular weight excluding hydrogens is 302 g/mol. The van der Waals surface area contributed by atoms with Crippen molar-refractivity contribution < 1.29 is 9.59 Å². The predicted molar refractivity (Wildman–Crippen MR) is 97.0 cm³/mol. The highest BCUT2D eigenvalue weighted by molar-refractivity contribution is 5.98. The third kappa shape index (κ3) is 5.05. The average molecular weight is 335 g/mol. The van der Waals surface area contributed by atoms with Crippen molar-refractivity contribution in [3.8, 4) is 0 Å². The van der Waals surface area contributed by atoms with Crippen LogP contribution >= 0.6 is 0 Å². The summed E-state index contributed by atoms with van der Waals surface area (Å²) in [5.74, 6) is 1.51. The highest BCUT2D eigenvalue weighted by atomic mass is 16.2. The second kappa shape index (κ2) is 9.80. The maximum absolute atomic E-state index is 12.7. The first-order valence-electron chi connectivity index (χ1n) is 9.79. The predicted octanol–water partition coefficient (Wildman–Crippen LogP) is 3.24. The molecule has 0 aromatic heterocycles. The van der Waals surface area contributed by atoms with Crippen LogP contribution in [0.3, 0.4) is 0 Å². The molecule has 0 N–H and O–H groups in total. The second-order valence-corrected chi connectivity index (χ2v) is 6.95. The van der Waals surface area contributed by atoms with Crippen LogP contribution in [0.4, 0.5) is 0 Å². The molecule has 5 heteroatoms. The quantitative estimate of drug-likeness (QED) is 0.774. The molecule has 24 heavy (non-hydrogen) atoms. The number of carbonyl (C=O) groups is 2. The Labute approximate surface area is 146 Å². The van der Waals surface area contributed by atoms with Gasteiger partial charge in [-0.25, -0.2) is 0 Å². The molecule has 0 atom stereocenters. The van der Waals surface area contributed by atoms with E-state index in [0.717, 1.165) is 63.7 Å². The highest BCUT2D eigenvalue weighted by Gasteiger charge is 2.28. The van der Waals surface area contributed by atoms with E-state index < -0.39 is 0 Å². The topological polar surface area (TPSA) is 53.0 Å². The number of rotatable bonds is 5. The lowest BCUT2D eigenvalue weighted by atomic mass is 10.1. The van der Waals surface area contributed by atoms with Crippen molar-refractivity contribution in [3.63, 3.8) is 0 Å². The number of hydrogen-bond donors (Lipinski definition) is 0. The molecule has 0 aromatic rings. The molecule has 0 radical (unpaired) electrons. The normalized spacial score (nSPS) is 21.1. The van der Waals surface area contributed by atoms with Crippen LogP contribution in [0.25, 0.3) is 0 Å². The van der Waals surface area contributed by atoms with Gasteiger partial charge in [-0.15, -0.1) is 0 Å². The first-order valence-corrected chi connectivity index (χ1v) is 9.79. The summed E-state index contributed by atoms with van der Waals surface area (Å²) in [4.78, 5) is 33.8. The fraction of sp³-hybridized carbons (Fsp3) is 0.842. The number of nitrogens with zero attached hydrogens (tertiary/aromatic N) is 3. The molecule has 2 aliphatic rings. The van der Waals surface area contributed by atoms with Crippen molar-refractivity contribution in [2.45, 2.75) is 71.6 Å². The van der Waals surface area contributed by atoms with Crippen LogP contribution in [0, 0.1) is 5.92 Å². The largest absolute Gasteiger partial charge is 0.342 e. The van der Waals surface area contributed by atoms with Crippen molar-refractivity contribution in [3.05, 3.63) is 0 Å². The minimum atomic E-state index is 0.110. The van der Waals surface area contributed by atoms with Gasteiger partial charge in [0.25, 0.3) is 0 Å². The summed E-state index contributed by atoms with van der Waals surface area (Å²) in [6.45, 7) is 6.83. The molecule has 1 saturated carbocycles. The van der Waals surface area contributed by atoms with E-state index in [1.165, 1.54) is 0 Å². The lowest BCUT2D eigenvalue weighted by Gasteiger charge is -2.29. The van der Waals surface area contributed by atoms with E-state index in [1.807, 2.05) is 16.7 Å². The summed E-state index contributed by atoms with van der Waals surface area (Å²) in [7, 11) is 0. The van der Waals surface area contributed by atoms with Crippen LogP contribution in [-0.2, 0) is 9.59 Å². The third-order valence-corrected chi connectivity index (χ3v) is 5.17. The first kappa shape index (κ1) is 18.9. The van der Waals surface area contributed by atoms with E-state index in [1.54, 1.807) is 0 Å². The van der Waals surface area contributed by atoms with Crippen LogP contribution < -0.4 is 0 Å². The van der Waals surface area contributed by atoms with Gasteiger partial charge < -0.3 is 9.80 Å². The van der Waals surface area contributed by atoms with E-state index in [0.29, 0.717) is 26.1 Å². The standard InChI is InChI=1S/C19H33N3O2/c1-3-5-11-17-20-13-8-14-21(15-12-18(23)22(17)4-2)19(24)16-9-6-7-10-16/h16H,3-15H2,1-2H3. The third-order valence-electron chi connectivity index (χ3n) is 5.17. The summed E-state index contributed by atoms with van der Waals surface area (Å²) in [5, 5.41) is 0. The van der Waals surface area contributed by atoms with Gasteiger partial charge in [-0.3, -0.25) is 14.6 Å². The van der Waals surface area contributed by atoms with Gasteiger partial charge >= 0.3 is 0 Å². The first-order chi connectivity index (χ1) is 11.7. The zero-order valence-corrected chi connectivity index (χ0v) is 15.4. The molecule has 2 amide bonds. The minimum Gasteiger partial charge on any atom is -0.342 e. The maximum atomic E-state index is 12.7. The summed E-state index contributed by atoms with van der Waals surface area (Å²) < 4.78 is 0. The van der Waals surface area contributed by atoms with Gasteiger partial charge in [0.15, 0.2) is 0 Å². The Morgan fingerprint density at radius 1 is 1.17 bits per heavy atom. The number of hydrogen-bond acceptors (Lipinski definition) is 3. The van der Waals surface area contributed by atoms with E-state index >= 15 is 0 Å². The number of amidine groups is 1. The SMILES string of the molecule is CCCCC1=NCCCN(C(=O)C2CCCC2)CCC(=O)N1CC. The van der Waals surface area contributed by atoms with E-state index in [2.05, 4.69) is 6.92 Å². The Morgan fingerprint density at radius 2 is 1.92 bits per heavy atom. The molecule has 0 spiro atoms. The van der Waals surface area contributed by atoms with Crippen LogP contribution in [0.2, 0.25) is 0 Å². The van der Waals surface area contributed by atoms with Gasteiger partial charge in [0.2, 0.25) is 11.8 Å². The van der Waals surface area contributed by atoms with Crippen LogP contribution in [0.15, 0.2) is 4.99 Å². The Balaban J connectivity index is 2.04. The molecule has 136 valence electrons. The summed E-state index contributed by atoms with van der Waals surface area (Å²) in [6, 6.07) is 0.